The van der Waals surface area contributed by atoms with E-state index in [1.807, 2.05) is 0 Å². The number of anilines is 1. The molecule has 0 amide bonds. The van der Waals surface area contributed by atoms with Gasteiger partial charge in [0, 0.05) is 19.1 Å². The van der Waals surface area contributed by atoms with Crippen molar-refractivity contribution in [3.8, 4) is 0 Å². The molecular formula is C10H15ClN4. The first-order valence-electron chi connectivity index (χ1n) is 5.25. The Balaban J connectivity index is 2.24. The Kier molecular flexibility index (Phi) is 3.38. The molecule has 0 spiro atoms. The highest BCUT2D eigenvalue weighted by molar-refractivity contribution is 6.32. The van der Waals surface area contributed by atoms with Gasteiger partial charge < -0.3 is 10.6 Å². The Hall–Kier alpha value is -0.870. The van der Waals surface area contributed by atoms with Crippen LogP contribution < -0.4 is 10.6 Å². The number of rotatable bonds is 2. The molecule has 2 heterocycles. The van der Waals surface area contributed by atoms with Crippen LogP contribution in [0.15, 0.2) is 12.5 Å². The third-order valence-electron chi connectivity index (χ3n) is 2.82. The Morgan fingerprint density at radius 1 is 1.53 bits per heavy atom. The van der Waals surface area contributed by atoms with E-state index < -0.39 is 0 Å². The lowest BCUT2D eigenvalue weighted by atomic mass is 10.0. The molecule has 0 saturated carbocycles. The molecule has 1 saturated heterocycles. The normalized spacial score (nSPS) is 21.7. The standard InChI is InChI=1S/C10H15ClN4/c11-9-6-13-7-14-10(9)15-4-2-1-3-8(15)5-12/h6-8H,1-5,12H2. The molecule has 0 aromatic carbocycles. The summed E-state index contributed by atoms with van der Waals surface area (Å²) in [6.45, 7) is 1.64. The Morgan fingerprint density at radius 2 is 2.40 bits per heavy atom. The molecular weight excluding hydrogens is 212 g/mol. The highest BCUT2D eigenvalue weighted by Gasteiger charge is 2.23. The average molecular weight is 227 g/mol. The van der Waals surface area contributed by atoms with Crippen molar-refractivity contribution in [1.82, 2.24) is 9.97 Å². The van der Waals surface area contributed by atoms with Gasteiger partial charge in [0.15, 0.2) is 5.82 Å². The van der Waals surface area contributed by atoms with E-state index in [9.17, 15) is 0 Å². The fourth-order valence-electron chi connectivity index (χ4n) is 2.04. The summed E-state index contributed by atoms with van der Waals surface area (Å²) < 4.78 is 0. The van der Waals surface area contributed by atoms with Crippen molar-refractivity contribution in [2.24, 2.45) is 5.73 Å². The van der Waals surface area contributed by atoms with Crippen molar-refractivity contribution in [2.45, 2.75) is 25.3 Å². The first-order valence-corrected chi connectivity index (χ1v) is 5.63. The highest BCUT2D eigenvalue weighted by atomic mass is 35.5. The third kappa shape index (κ3) is 2.21. The number of nitrogens with zero attached hydrogens (tertiary/aromatic N) is 3. The molecule has 4 nitrogen and oxygen atoms in total. The Labute approximate surface area is 94.5 Å². The van der Waals surface area contributed by atoms with E-state index >= 15 is 0 Å². The molecule has 82 valence electrons. The fraction of sp³-hybridized carbons (Fsp3) is 0.600. The average Bonchev–Trinajstić information content (AvgIpc) is 2.30. The first kappa shape index (κ1) is 10.6. The topological polar surface area (TPSA) is 55.0 Å². The van der Waals surface area contributed by atoms with Crippen LogP contribution in [0.3, 0.4) is 0 Å². The van der Waals surface area contributed by atoms with Gasteiger partial charge >= 0.3 is 0 Å². The van der Waals surface area contributed by atoms with Crippen molar-refractivity contribution >= 4 is 17.4 Å². The highest BCUT2D eigenvalue weighted by Crippen LogP contribution is 2.27. The van der Waals surface area contributed by atoms with Gasteiger partial charge in [-0.2, -0.15) is 0 Å². The maximum absolute atomic E-state index is 6.07. The van der Waals surface area contributed by atoms with E-state index in [0.717, 1.165) is 18.8 Å². The van der Waals surface area contributed by atoms with Crippen molar-refractivity contribution < 1.29 is 0 Å². The van der Waals surface area contributed by atoms with Crippen LogP contribution in [0.1, 0.15) is 19.3 Å². The van der Waals surface area contributed by atoms with Crippen LogP contribution in [-0.2, 0) is 0 Å². The van der Waals surface area contributed by atoms with Crippen LogP contribution in [0.5, 0.6) is 0 Å². The lowest BCUT2D eigenvalue weighted by Gasteiger charge is -2.36. The third-order valence-corrected chi connectivity index (χ3v) is 3.09. The van der Waals surface area contributed by atoms with E-state index in [4.69, 9.17) is 17.3 Å². The fourth-order valence-corrected chi connectivity index (χ4v) is 2.26. The van der Waals surface area contributed by atoms with E-state index in [-0.39, 0.29) is 0 Å². The number of piperidine rings is 1. The lowest BCUT2D eigenvalue weighted by Crippen LogP contribution is -2.44. The monoisotopic (exact) mass is 226 g/mol. The predicted octanol–water partition coefficient (Wildman–Crippen LogP) is 1.45. The van der Waals surface area contributed by atoms with Crippen LogP contribution in [0.2, 0.25) is 5.02 Å². The minimum atomic E-state index is 0.367. The van der Waals surface area contributed by atoms with E-state index in [1.54, 1.807) is 6.20 Å². The van der Waals surface area contributed by atoms with Gasteiger partial charge in [0.2, 0.25) is 0 Å². The molecule has 1 atom stereocenters. The zero-order valence-corrected chi connectivity index (χ0v) is 9.32. The second kappa shape index (κ2) is 4.77. The van der Waals surface area contributed by atoms with Gasteiger partial charge in [-0.1, -0.05) is 11.6 Å². The summed E-state index contributed by atoms with van der Waals surface area (Å²) in [7, 11) is 0. The lowest BCUT2D eigenvalue weighted by molar-refractivity contribution is 0.462. The molecule has 15 heavy (non-hydrogen) atoms. The SMILES string of the molecule is NCC1CCCCN1c1ncncc1Cl. The second-order valence-electron chi connectivity index (χ2n) is 3.77. The van der Waals surface area contributed by atoms with Crippen molar-refractivity contribution in [3.63, 3.8) is 0 Å². The molecule has 2 rings (SSSR count). The molecule has 0 aliphatic carbocycles. The van der Waals surface area contributed by atoms with Gasteiger partial charge in [-0.15, -0.1) is 0 Å². The number of hydrogen-bond donors (Lipinski definition) is 1. The summed E-state index contributed by atoms with van der Waals surface area (Å²) in [5.74, 6) is 0.821. The molecule has 1 unspecified atom stereocenters. The molecule has 2 N–H and O–H groups in total. The van der Waals surface area contributed by atoms with Crippen LogP contribution in [0.25, 0.3) is 0 Å². The molecule has 5 heteroatoms. The second-order valence-corrected chi connectivity index (χ2v) is 4.18. The number of halogens is 1. The van der Waals surface area contributed by atoms with Crippen LogP contribution in [0, 0.1) is 0 Å². The van der Waals surface area contributed by atoms with Gasteiger partial charge in [-0.05, 0) is 19.3 Å². The molecule has 1 aliphatic heterocycles. The number of nitrogens with two attached hydrogens (primary N) is 1. The smallest absolute Gasteiger partial charge is 0.151 e. The summed E-state index contributed by atoms with van der Waals surface area (Å²) in [6, 6.07) is 0.367. The zero-order valence-electron chi connectivity index (χ0n) is 8.56. The zero-order chi connectivity index (χ0) is 10.7. The largest absolute Gasteiger partial charge is 0.351 e. The van der Waals surface area contributed by atoms with E-state index in [2.05, 4.69) is 14.9 Å². The summed E-state index contributed by atoms with van der Waals surface area (Å²) in [6.07, 6.45) is 6.70. The number of hydrogen-bond acceptors (Lipinski definition) is 4. The summed E-state index contributed by atoms with van der Waals surface area (Å²) in [5.41, 5.74) is 5.75. The molecule has 0 radical (unpaired) electrons. The molecule has 0 bridgehead atoms. The summed E-state index contributed by atoms with van der Waals surface area (Å²) in [5, 5.41) is 0.609. The predicted molar refractivity (Wildman–Crippen MR) is 61.1 cm³/mol. The molecule has 1 fully saturated rings. The quantitative estimate of drug-likeness (QED) is 0.830. The van der Waals surface area contributed by atoms with Gasteiger partial charge in [-0.3, -0.25) is 0 Å². The van der Waals surface area contributed by atoms with Crippen molar-refractivity contribution in [2.75, 3.05) is 18.0 Å². The van der Waals surface area contributed by atoms with Crippen LogP contribution in [-0.4, -0.2) is 29.1 Å². The van der Waals surface area contributed by atoms with Gasteiger partial charge in [0.05, 0.1) is 6.20 Å². The maximum Gasteiger partial charge on any atom is 0.151 e. The summed E-state index contributed by atoms with van der Waals surface area (Å²) in [4.78, 5) is 10.3. The van der Waals surface area contributed by atoms with Gasteiger partial charge in [0.1, 0.15) is 11.3 Å². The molecule has 1 aliphatic rings. The van der Waals surface area contributed by atoms with Crippen LogP contribution in [0.4, 0.5) is 5.82 Å². The van der Waals surface area contributed by atoms with Gasteiger partial charge in [-0.25, -0.2) is 9.97 Å². The van der Waals surface area contributed by atoms with Crippen molar-refractivity contribution in [1.29, 1.82) is 0 Å². The minimum absolute atomic E-state index is 0.367. The Morgan fingerprint density at radius 3 is 3.13 bits per heavy atom. The van der Waals surface area contributed by atoms with Gasteiger partial charge in [0.25, 0.3) is 0 Å². The minimum Gasteiger partial charge on any atom is -0.351 e. The molecule has 1 aromatic heterocycles. The maximum atomic E-state index is 6.07. The summed E-state index contributed by atoms with van der Waals surface area (Å²) >= 11 is 6.07. The van der Waals surface area contributed by atoms with Crippen LogP contribution >= 0.6 is 11.6 Å². The van der Waals surface area contributed by atoms with E-state index in [0.29, 0.717) is 17.6 Å². The molecule has 1 aromatic rings. The van der Waals surface area contributed by atoms with Crippen molar-refractivity contribution in [3.05, 3.63) is 17.5 Å². The van der Waals surface area contributed by atoms with E-state index in [1.165, 1.54) is 19.2 Å². The number of aromatic nitrogens is 2. The first-order chi connectivity index (χ1) is 7.33. The Bertz CT molecular complexity index is 331.